The molecule has 1 saturated carbocycles. The van der Waals surface area contributed by atoms with Gasteiger partial charge in [-0.2, -0.15) is 0 Å². The van der Waals surface area contributed by atoms with Gasteiger partial charge in [0.05, 0.1) is 5.41 Å². The predicted octanol–water partition coefficient (Wildman–Crippen LogP) is 3.53. The van der Waals surface area contributed by atoms with Crippen LogP contribution in [0.15, 0.2) is 24.3 Å². The van der Waals surface area contributed by atoms with Crippen LogP contribution in [-0.4, -0.2) is 17.5 Å². The molecular formula is C16H22O4. The molecular weight excluding hydrogens is 256 g/mol. The first-order chi connectivity index (χ1) is 9.69. The Hall–Kier alpha value is -1.84. The summed E-state index contributed by atoms with van der Waals surface area (Å²) in [5.41, 5.74) is 0.0331. The zero-order valence-corrected chi connectivity index (χ0v) is 12.1. The lowest BCUT2D eigenvalue weighted by Crippen LogP contribution is -2.37. The van der Waals surface area contributed by atoms with Gasteiger partial charge in [0.15, 0.2) is 0 Å². The van der Waals surface area contributed by atoms with Gasteiger partial charge in [-0.3, -0.25) is 9.59 Å². The average molecular weight is 278 g/mol. The van der Waals surface area contributed by atoms with Gasteiger partial charge in [0.1, 0.15) is 5.75 Å². The highest BCUT2D eigenvalue weighted by atomic mass is 16.5. The number of hydrogen-bond acceptors (Lipinski definition) is 3. The van der Waals surface area contributed by atoms with E-state index in [1.54, 1.807) is 24.3 Å². The summed E-state index contributed by atoms with van der Waals surface area (Å²) in [6.07, 6.45) is 4.34. The number of rotatable bonds is 4. The van der Waals surface area contributed by atoms with Crippen LogP contribution in [0.3, 0.4) is 0 Å². The smallest absolute Gasteiger partial charge is 0.314 e. The maximum atomic E-state index is 11.6. The van der Waals surface area contributed by atoms with E-state index in [2.05, 4.69) is 0 Å². The molecule has 0 heterocycles. The Kier molecular flexibility index (Phi) is 6.22. The Balaban J connectivity index is 0.000000956. The summed E-state index contributed by atoms with van der Waals surface area (Å²) in [4.78, 5) is 21.8. The zero-order valence-electron chi connectivity index (χ0n) is 12.1. The van der Waals surface area contributed by atoms with Crippen molar-refractivity contribution in [2.24, 2.45) is 0 Å². The topological polar surface area (TPSA) is 63.6 Å². The molecule has 0 spiro atoms. The van der Waals surface area contributed by atoms with Crippen molar-refractivity contribution < 1.29 is 19.4 Å². The maximum Gasteiger partial charge on any atom is 0.314 e. The lowest BCUT2D eigenvalue weighted by Gasteiger charge is -2.33. The van der Waals surface area contributed by atoms with E-state index in [1.165, 1.54) is 0 Å². The number of carbonyl (C=O) groups excluding carboxylic acids is 1. The van der Waals surface area contributed by atoms with E-state index in [9.17, 15) is 14.7 Å². The highest BCUT2D eigenvalue weighted by Crippen LogP contribution is 2.40. The van der Waals surface area contributed by atoms with Gasteiger partial charge in [-0.25, -0.2) is 0 Å². The number of carboxylic acids is 1. The van der Waals surface area contributed by atoms with Gasteiger partial charge in [-0.15, -0.1) is 0 Å². The fourth-order valence-electron chi connectivity index (χ4n) is 2.69. The van der Waals surface area contributed by atoms with Crippen molar-refractivity contribution in [3.05, 3.63) is 29.8 Å². The number of ether oxygens (including phenoxy) is 1. The van der Waals surface area contributed by atoms with Gasteiger partial charge in [-0.1, -0.05) is 45.2 Å². The van der Waals surface area contributed by atoms with Gasteiger partial charge in [-0.05, 0) is 30.5 Å². The van der Waals surface area contributed by atoms with E-state index in [-0.39, 0.29) is 0 Å². The average Bonchev–Trinajstić information content (AvgIpc) is 2.51. The van der Waals surface area contributed by atoms with Crippen molar-refractivity contribution in [3.63, 3.8) is 0 Å². The maximum absolute atomic E-state index is 11.6. The summed E-state index contributed by atoms with van der Waals surface area (Å²) in [5.74, 6) is -0.323. The zero-order chi connectivity index (χ0) is 15.0. The first-order valence-electron chi connectivity index (χ1n) is 7.13. The van der Waals surface area contributed by atoms with Crippen LogP contribution >= 0.6 is 0 Å². The van der Waals surface area contributed by atoms with E-state index in [4.69, 9.17) is 4.74 Å². The largest absolute Gasteiger partial charge is 0.481 e. The van der Waals surface area contributed by atoms with Crippen LogP contribution in [0.1, 0.15) is 51.5 Å². The van der Waals surface area contributed by atoms with Crippen molar-refractivity contribution in [3.8, 4) is 5.75 Å². The molecule has 4 heteroatoms. The number of carbonyl (C=O) groups is 2. The highest BCUT2D eigenvalue weighted by Gasteiger charge is 2.41. The molecule has 0 saturated heterocycles. The molecule has 1 aliphatic rings. The van der Waals surface area contributed by atoms with Crippen LogP contribution in [0, 0.1) is 0 Å². The fourth-order valence-corrected chi connectivity index (χ4v) is 2.69. The fraction of sp³-hybridized carbons (Fsp3) is 0.500. The van der Waals surface area contributed by atoms with Crippen LogP contribution < -0.4 is 4.74 Å². The van der Waals surface area contributed by atoms with E-state index in [1.807, 2.05) is 13.8 Å². The normalized spacial score (nSPS) is 16.5. The third-order valence-electron chi connectivity index (χ3n) is 3.71. The summed E-state index contributed by atoms with van der Waals surface area (Å²) in [5, 5.41) is 9.53. The van der Waals surface area contributed by atoms with Gasteiger partial charge >= 0.3 is 5.97 Å². The third-order valence-corrected chi connectivity index (χ3v) is 3.71. The molecule has 0 amide bonds. The van der Waals surface area contributed by atoms with Crippen molar-refractivity contribution in [2.75, 3.05) is 0 Å². The Bertz CT molecular complexity index is 430. The first kappa shape index (κ1) is 16.2. The number of aliphatic carboxylic acids is 1. The second-order valence-corrected chi connectivity index (χ2v) is 4.69. The van der Waals surface area contributed by atoms with Gasteiger partial charge < -0.3 is 9.84 Å². The van der Waals surface area contributed by atoms with E-state index in [0.717, 1.165) is 24.8 Å². The van der Waals surface area contributed by atoms with Crippen LogP contribution in [0.4, 0.5) is 0 Å². The van der Waals surface area contributed by atoms with Crippen molar-refractivity contribution >= 4 is 12.4 Å². The molecule has 0 radical (unpaired) electrons. The monoisotopic (exact) mass is 278 g/mol. The molecule has 0 atom stereocenters. The Labute approximate surface area is 119 Å². The minimum absolute atomic E-state index is 0.364. The lowest BCUT2D eigenvalue weighted by molar-refractivity contribution is -0.145. The molecule has 0 aliphatic heterocycles. The number of carboxylic acid groups (broad SMARTS) is 1. The Morgan fingerprint density at radius 3 is 2.15 bits per heavy atom. The molecule has 1 fully saturated rings. The Morgan fingerprint density at radius 1 is 1.15 bits per heavy atom. The molecule has 1 N–H and O–H groups in total. The summed E-state index contributed by atoms with van der Waals surface area (Å²) in [7, 11) is 0. The minimum Gasteiger partial charge on any atom is -0.481 e. The second kappa shape index (κ2) is 7.68. The number of benzene rings is 1. The molecule has 1 aliphatic carbocycles. The van der Waals surface area contributed by atoms with E-state index < -0.39 is 11.4 Å². The highest BCUT2D eigenvalue weighted by molar-refractivity contribution is 5.81. The summed E-state index contributed by atoms with van der Waals surface area (Å²) >= 11 is 0. The van der Waals surface area contributed by atoms with Crippen molar-refractivity contribution in [1.29, 1.82) is 0 Å². The summed E-state index contributed by atoms with van der Waals surface area (Å²) in [6, 6.07) is 6.78. The van der Waals surface area contributed by atoms with Gasteiger partial charge in [0.2, 0.25) is 0 Å². The third kappa shape index (κ3) is 3.38. The molecule has 0 bridgehead atoms. The van der Waals surface area contributed by atoms with Crippen LogP contribution in [-0.2, 0) is 15.0 Å². The molecule has 1 aromatic rings. The molecule has 1 aromatic carbocycles. The molecule has 20 heavy (non-hydrogen) atoms. The minimum atomic E-state index is -0.766. The lowest BCUT2D eigenvalue weighted by atomic mass is 9.69. The van der Waals surface area contributed by atoms with Crippen LogP contribution in [0.5, 0.6) is 5.75 Å². The SMILES string of the molecule is CC.O=COc1ccc(C2(C(=O)O)CCCCC2)cc1. The summed E-state index contributed by atoms with van der Waals surface area (Å²) in [6.45, 7) is 4.36. The van der Waals surface area contributed by atoms with Gasteiger partial charge in [0.25, 0.3) is 6.47 Å². The molecule has 0 aromatic heterocycles. The second-order valence-electron chi connectivity index (χ2n) is 4.69. The standard InChI is InChI=1S/C14H16O4.C2H6/c15-10-18-12-6-4-11(5-7-12)14(13(16)17)8-2-1-3-9-14;1-2/h4-7,10H,1-3,8-9H2,(H,16,17);1-2H3. The van der Waals surface area contributed by atoms with E-state index in [0.29, 0.717) is 25.1 Å². The molecule has 2 rings (SSSR count). The van der Waals surface area contributed by atoms with E-state index >= 15 is 0 Å². The molecule has 110 valence electrons. The molecule has 0 unspecified atom stereocenters. The van der Waals surface area contributed by atoms with Crippen molar-refractivity contribution in [2.45, 2.75) is 51.4 Å². The molecule has 4 nitrogen and oxygen atoms in total. The van der Waals surface area contributed by atoms with Crippen LogP contribution in [0.25, 0.3) is 0 Å². The predicted molar refractivity (Wildman–Crippen MR) is 76.9 cm³/mol. The van der Waals surface area contributed by atoms with Crippen LogP contribution in [0.2, 0.25) is 0 Å². The summed E-state index contributed by atoms with van der Waals surface area (Å²) < 4.78 is 4.71. The number of hydrogen-bond donors (Lipinski definition) is 1. The van der Waals surface area contributed by atoms with Gasteiger partial charge in [0, 0.05) is 0 Å². The first-order valence-corrected chi connectivity index (χ1v) is 7.13. The Morgan fingerprint density at radius 2 is 1.70 bits per heavy atom. The quantitative estimate of drug-likeness (QED) is 0.856. The van der Waals surface area contributed by atoms with Crippen molar-refractivity contribution in [1.82, 2.24) is 0 Å².